The van der Waals surface area contributed by atoms with Gasteiger partial charge in [-0.1, -0.05) is 0 Å². The molecular formula is C21H31N3O3. The highest BCUT2D eigenvalue weighted by atomic mass is 16.5. The number of hydrogen-bond donors (Lipinski definition) is 2. The van der Waals surface area contributed by atoms with E-state index in [2.05, 4.69) is 27.7 Å². The quantitative estimate of drug-likeness (QED) is 0.796. The second-order valence-corrected chi connectivity index (χ2v) is 8.32. The lowest BCUT2D eigenvalue weighted by Gasteiger charge is -2.23. The highest BCUT2D eigenvalue weighted by Gasteiger charge is 2.57. The first-order valence-electron chi connectivity index (χ1n) is 10.1. The van der Waals surface area contributed by atoms with Gasteiger partial charge in [0.15, 0.2) is 0 Å². The first kappa shape index (κ1) is 18.6. The van der Waals surface area contributed by atoms with Gasteiger partial charge in [-0.2, -0.15) is 0 Å². The van der Waals surface area contributed by atoms with E-state index in [1.165, 1.54) is 5.56 Å². The van der Waals surface area contributed by atoms with Crippen LogP contribution in [0.25, 0.3) is 0 Å². The summed E-state index contributed by atoms with van der Waals surface area (Å²) in [7, 11) is 3.35. The molecule has 2 saturated heterocycles. The Kier molecular flexibility index (Phi) is 5.28. The maximum Gasteiger partial charge on any atom is 0.223 e. The Morgan fingerprint density at radius 1 is 1.22 bits per heavy atom. The van der Waals surface area contributed by atoms with E-state index in [-0.39, 0.29) is 17.9 Å². The lowest BCUT2D eigenvalue weighted by molar-refractivity contribution is -0.123. The van der Waals surface area contributed by atoms with E-state index in [1.54, 1.807) is 14.2 Å². The molecule has 1 aliphatic carbocycles. The molecule has 1 saturated carbocycles. The van der Waals surface area contributed by atoms with Gasteiger partial charge in [-0.3, -0.25) is 9.69 Å². The molecule has 1 aromatic carbocycles. The van der Waals surface area contributed by atoms with E-state index in [0.29, 0.717) is 5.41 Å². The highest BCUT2D eigenvalue weighted by Crippen LogP contribution is 2.58. The van der Waals surface area contributed by atoms with Crippen LogP contribution in [0.4, 0.5) is 0 Å². The van der Waals surface area contributed by atoms with Gasteiger partial charge in [0.05, 0.1) is 14.2 Å². The molecule has 148 valence electrons. The largest absolute Gasteiger partial charge is 0.497 e. The molecule has 4 rings (SSSR count). The SMILES string of the molecule is COc1cc(CN2CCC(NC(=O)C3CC34CCNCC4)C2)cc(OC)c1. The fourth-order valence-corrected chi connectivity index (χ4v) is 4.81. The average molecular weight is 373 g/mol. The van der Waals surface area contributed by atoms with E-state index in [0.717, 1.165) is 69.9 Å². The van der Waals surface area contributed by atoms with Crippen LogP contribution in [0, 0.1) is 11.3 Å². The molecule has 2 atom stereocenters. The van der Waals surface area contributed by atoms with Crippen molar-refractivity contribution in [2.24, 2.45) is 11.3 Å². The van der Waals surface area contributed by atoms with Crippen molar-refractivity contribution in [1.29, 1.82) is 0 Å². The zero-order valence-electron chi connectivity index (χ0n) is 16.4. The third-order valence-electron chi connectivity index (χ3n) is 6.54. The normalized spacial score (nSPS) is 26.7. The van der Waals surface area contributed by atoms with Crippen LogP contribution in [-0.2, 0) is 11.3 Å². The molecule has 0 aromatic heterocycles. The molecule has 2 unspecified atom stereocenters. The lowest BCUT2D eigenvalue weighted by atomic mass is 9.91. The fourth-order valence-electron chi connectivity index (χ4n) is 4.81. The number of carbonyl (C=O) groups excluding carboxylic acids is 1. The van der Waals surface area contributed by atoms with Crippen LogP contribution in [0.2, 0.25) is 0 Å². The molecule has 2 heterocycles. The van der Waals surface area contributed by atoms with E-state index in [9.17, 15) is 4.79 Å². The molecule has 2 aliphatic heterocycles. The van der Waals surface area contributed by atoms with E-state index in [4.69, 9.17) is 9.47 Å². The highest BCUT2D eigenvalue weighted by molar-refractivity contribution is 5.83. The third kappa shape index (κ3) is 4.06. The monoisotopic (exact) mass is 373 g/mol. The molecule has 0 bridgehead atoms. The number of benzene rings is 1. The Morgan fingerprint density at radius 2 is 1.93 bits per heavy atom. The van der Waals surface area contributed by atoms with Crippen molar-refractivity contribution < 1.29 is 14.3 Å². The first-order chi connectivity index (χ1) is 13.1. The van der Waals surface area contributed by atoms with Crippen LogP contribution < -0.4 is 20.1 Å². The summed E-state index contributed by atoms with van der Waals surface area (Å²) in [5, 5.41) is 6.72. The number of nitrogens with zero attached hydrogens (tertiary/aromatic N) is 1. The summed E-state index contributed by atoms with van der Waals surface area (Å²) in [6.45, 7) is 4.88. The minimum atomic E-state index is 0.247. The Balaban J connectivity index is 1.29. The summed E-state index contributed by atoms with van der Waals surface area (Å²) in [6, 6.07) is 6.27. The van der Waals surface area contributed by atoms with Gasteiger partial charge in [-0.25, -0.2) is 0 Å². The summed E-state index contributed by atoms with van der Waals surface area (Å²) in [4.78, 5) is 15.1. The molecule has 3 aliphatic rings. The molecule has 2 N–H and O–H groups in total. The summed E-state index contributed by atoms with van der Waals surface area (Å²) < 4.78 is 10.7. The second kappa shape index (κ2) is 7.68. The van der Waals surface area contributed by atoms with Gasteiger partial charge in [0, 0.05) is 37.7 Å². The zero-order valence-corrected chi connectivity index (χ0v) is 16.4. The summed E-state index contributed by atoms with van der Waals surface area (Å²) in [5.41, 5.74) is 1.49. The Hall–Kier alpha value is -1.79. The van der Waals surface area contributed by atoms with Gasteiger partial charge >= 0.3 is 0 Å². The predicted octanol–water partition coefficient (Wildman–Crippen LogP) is 1.78. The Bertz CT molecular complexity index is 665. The number of likely N-dealkylation sites (tertiary alicyclic amines) is 1. The van der Waals surface area contributed by atoms with Crippen molar-refractivity contribution in [3.8, 4) is 11.5 Å². The molecule has 27 heavy (non-hydrogen) atoms. The number of methoxy groups -OCH3 is 2. The molecule has 1 spiro atoms. The molecular weight excluding hydrogens is 342 g/mol. The van der Waals surface area contributed by atoms with Gasteiger partial charge in [-0.15, -0.1) is 0 Å². The Labute approximate surface area is 161 Å². The van der Waals surface area contributed by atoms with Crippen molar-refractivity contribution in [2.75, 3.05) is 40.4 Å². The molecule has 6 nitrogen and oxygen atoms in total. The minimum Gasteiger partial charge on any atom is -0.497 e. The van der Waals surface area contributed by atoms with E-state index in [1.807, 2.05) is 6.07 Å². The van der Waals surface area contributed by atoms with Gasteiger partial charge in [-0.05, 0) is 61.9 Å². The van der Waals surface area contributed by atoms with Crippen LogP contribution in [0.15, 0.2) is 18.2 Å². The van der Waals surface area contributed by atoms with Crippen molar-refractivity contribution in [1.82, 2.24) is 15.5 Å². The van der Waals surface area contributed by atoms with E-state index >= 15 is 0 Å². The van der Waals surface area contributed by atoms with Gasteiger partial charge in [0.25, 0.3) is 0 Å². The maximum absolute atomic E-state index is 12.7. The summed E-state index contributed by atoms with van der Waals surface area (Å²) >= 11 is 0. The van der Waals surface area contributed by atoms with Gasteiger partial charge < -0.3 is 20.1 Å². The minimum absolute atomic E-state index is 0.247. The van der Waals surface area contributed by atoms with Crippen LogP contribution in [0.5, 0.6) is 11.5 Å². The molecule has 1 amide bonds. The van der Waals surface area contributed by atoms with Crippen LogP contribution in [-0.4, -0.2) is 57.2 Å². The van der Waals surface area contributed by atoms with Crippen LogP contribution in [0.1, 0.15) is 31.2 Å². The van der Waals surface area contributed by atoms with Crippen molar-refractivity contribution in [3.63, 3.8) is 0 Å². The smallest absolute Gasteiger partial charge is 0.223 e. The van der Waals surface area contributed by atoms with Crippen molar-refractivity contribution in [3.05, 3.63) is 23.8 Å². The molecule has 6 heteroatoms. The van der Waals surface area contributed by atoms with E-state index < -0.39 is 0 Å². The molecule has 0 radical (unpaired) electrons. The number of nitrogens with one attached hydrogen (secondary N) is 2. The summed E-state index contributed by atoms with van der Waals surface area (Å²) in [5.74, 6) is 2.16. The van der Waals surface area contributed by atoms with Crippen molar-refractivity contribution in [2.45, 2.75) is 38.3 Å². The fraction of sp³-hybridized carbons (Fsp3) is 0.667. The predicted molar refractivity (Wildman–Crippen MR) is 104 cm³/mol. The number of amides is 1. The third-order valence-corrected chi connectivity index (χ3v) is 6.54. The molecule has 3 fully saturated rings. The lowest BCUT2D eigenvalue weighted by Crippen LogP contribution is -2.40. The van der Waals surface area contributed by atoms with Crippen molar-refractivity contribution >= 4 is 5.91 Å². The maximum atomic E-state index is 12.7. The standard InChI is InChI=1S/C21H31N3O3/c1-26-17-9-15(10-18(11-17)27-2)13-24-8-3-16(14-24)23-20(25)19-12-21(19)4-6-22-7-5-21/h9-11,16,19,22H,3-8,12-14H2,1-2H3,(H,23,25). The second-order valence-electron chi connectivity index (χ2n) is 8.32. The number of rotatable bonds is 6. The number of ether oxygens (including phenoxy) is 2. The zero-order chi connectivity index (χ0) is 18.9. The average Bonchev–Trinajstić information content (AvgIpc) is 3.20. The topological polar surface area (TPSA) is 62.8 Å². The first-order valence-corrected chi connectivity index (χ1v) is 10.1. The number of piperidine rings is 1. The van der Waals surface area contributed by atoms with Gasteiger partial charge in [0.1, 0.15) is 11.5 Å². The Morgan fingerprint density at radius 3 is 2.59 bits per heavy atom. The number of carbonyl (C=O) groups is 1. The van der Waals surface area contributed by atoms with Crippen LogP contribution in [0.3, 0.4) is 0 Å². The summed E-state index contributed by atoms with van der Waals surface area (Å²) in [6.07, 6.45) is 4.41. The number of hydrogen-bond acceptors (Lipinski definition) is 5. The molecule has 1 aromatic rings. The van der Waals surface area contributed by atoms with Crippen LogP contribution >= 0.6 is 0 Å². The van der Waals surface area contributed by atoms with Gasteiger partial charge in [0.2, 0.25) is 5.91 Å².